The second kappa shape index (κ2) is 5.96. The number of rotatable bonds is 2. The molecule has 2 nitrogen and oxygen atoms in total. The summed E-state index contributed by atoms with van der Waals surface area (Å²) in [7, 11) is 0. The third-order valence-corrected chi connectivity index (χ3v) is 6.12. The molecule has 1 N–H and O–H groups in total. The summed E-state index contributed by atoms with van der Waals surface area (Å²) in [6.45, 7) is 0. The lowest BCUT2D eigenvalue weighted by Crippen LogP contribution is -2.50. The van der Waals surface area contributed by atoms with Crippen molar-refractivity contribution in [3.63, 3.8) is 0 Å². The van der Waals surface area contributed by atoms with E-state index in [1.165, 1.54) is 35.4 Å². The van der Waals surface area contributed by atoms with E-state index in [1.54, 1.807) is 0 Å². The minimum Gasteiger partial charge on any atom is -0.311 e. The lowest BCUT2D eigenvalue weighted by Gasteiger charge is -2.39. The van der Waals surface area contributed by atoms with Crippen molar-refractivity contribution >= 4 is 27.3 Å². The van der Waals surface area contributed by atoms with Crippen molar-refractivity contribution in [3.8, 4) is 0 Å². The van der Waals surface area contributed by atoms with Gasteiger partial charge in [-0.3, -0.25) is 4.79 Å². The number of carbonyl (C=O) groups excluding carboxylic acids is 1. The summed E-state index contributed by atoms with van der Waals surface area (Å²) >= 11 is 0. The third kappa shape index (κ3) is 2.56. The maximum absolute atomic E-state index is 13.5. The predicted octanol–water partition coefficient (Wildman–Crippen LogP) is 5.10. The van der Waals surface area contributed by atoms with Gasteiger partial charge >= 0.3 is 0 Å². The average molecular weight is 329 g/mol. The zero-order valence-electron chi connectivity index (χ0n) is 14.4. The standard InChI is InChI=1S/C23H23NO/c25-23(16-12-17-7-5-8-18(13-16)24-17)22-14-15-6-1-2-9-19(15)20-10-3-4-11-21(20)22/h1-4,6,9-11,14,16-18,24H,5,7-8,12-13H2. The van der Waals surface area contributed by atoms with E-state index in [-0.39, 0.29) is 5.92 Å². The molecule has 2 aliphatic rings. The Kier molecular flexibility index (Phi) is 3.60. The van der Waals surface area contributed by atoms with Crippen LogP contribution in [0.15, 0.2) is 54.6 Å². The summed E-state index contributed by atoms with van der Waals surface area (Å²) in [5, 5.41) is 8.40. The molecule has 3 aromatic rings. The number of ketones is 1. The number of piperidine rings is 2. The van der Waals surface area contributed by atoms with Crippen LogP contribution in [0.25, 0.3) is 21.5 Å². The molecule has 126 valence electrons. The lowest BCUT2D eigenvalue weighted by atomic mass is 9.76. The Bertz CT molecular complexity index is 949. The van der Waals surface area contributed by atoms with Crippen molar-refractivity contribution in [3.05, 3.63) is 60.2 Å². The van der Waals surface area contributed by atoms with Crippen LogP contribution in [0.3, 0.4) is 0 Å². The highest BCUT2D eigenvalue weighted by atomic mass is 16.1. The Morgan fingerprint density at radius 3 is 2.24 bits per heavy atom. The second-order valence-electron chi connectivity index (χ2n) is 7.71. The molecule has 2 saturated heterocycles. The summed E-state index contributed by atoms with van der Waals surface area (Å²) in [6.07, 6.45) is 5.74. The second-order valence-corrected chi connectivity index (χ2v) is 7.71. The van der Waals surface area contributed by atoms with Crippen molar-refractivity contribution in [1.82, 2.24) is 5.32 Å². The van der Waals surface area contributed by atoms with Crippen LogP contribution < -0.4 is 5.32 Å². The first kappa shape index (κ1) is 15.1. The van der Waals surface area contributed by atoms with E-state index in [0.29, 0.717) is 17.9 Å². The van der Waals surface area contributed by atoms with Crippen molar-refractivity contribution in [2.24, 2.45) is 5.92 Å². The largest absolute Gasteiger partial charge is 0.311 e. The Morgan fingerprint density at radius 1 is 0.840 bits per heavy atom. The van der Waals surface area contributed by atoms with Crippen LogP contribution in [0.1, 0.15) is 42.5 Å². The van der Waals surface area contributed by atoms with E-state index in [0.717, 1.165) is 23.8 Å². The highest BCUT2D eigenvalue weighted by Crippen LogP contribution is 2.35. The first-order valence-electron chi connectivity index (χ1n) is 9.50. The van der Waals surface area contributed by atoms with Gasteiger partial charge in [0.05, 0.1) is 0 Å². The normalized spacial score (nSPS) is 26.0. The van der Waals surface area contributed by atoms with Crippen molar-refractivity contribution < 1.29 is 4.79 Å². The first-order chi connectivity index (χ1) is 12.3. The molecule has 3 aromatic carbocycles. The molecule has 0 aromatic heterocycles. The molecular weight excluding hydrogens is 306 g/mol. The molecule has 2 atom stereocenters. The number of benzene rings is 3. The summed E-state index contributed by atoms with van der Waals surface area (Å²) < 4.78 is 0. The van der Waals surface area contributed by atoms with Crippen LogP contribution >= 0.6 is 0 Å². The third-order valence-electron chi connectivity index (χ3n) is 6.12. The van der Waals surface area contributed by atoms with Gasteiger partial charge in [0.1, 0.15) is 0 Å². The van der Waals surface area contributed by atoms with Gasteiger partial charge in [-0.15, -0.1) is 0 Å². The van der Waals surface area contributed by atoms with Crippen LogP contribution in [-0.2, 0) is 0 Å². The molecule has 0 saturated carbocycles. The quantitative estimate of drug-likeness (QED) is 0.524. The van der Waals surface area contributed by atoms with Gasteiger partial charge in [0.25, 0.3) is 0 Å². The fraction of sp³-hybridized carbons (Fsp3) is 0.348. The monoisotopic (exact) mass is 329 g/mol. The van der Waals surface area contributed by atoms with Gasteiger partial charge in [-0.25, -0.2) is 0 Å². The van der Waals surface area contributed by atoms with Crippen LogP contribution in [0.4, 0.5) is 0 Å². The van der Waals surface area contributed by atoms with Gasteiger partial charge in [0.15, 0.2) is 5.78 Å². The van der Waals surface area contributed by atoms with Gasteiger partial charge in [0.2, 0.25) is 0 Å². The van der Waals surface area contributed by atoms with Gasteiger partial charge < -0.3 is 5.32 Å². The summed E-state index contributed by atoms with van der Waals surface area (Å²) in [5.41, 5.74) is 0.916. The number of fused-ring (bicyclic) bond motifs is 5. The fourth-order valence-electron chi connectivity index (χ4n) is 4.96. The highest BCUT2D eigenvalue weighted by molar-refractivity contribution is 6.18. The molecular formula is C23H23NO. The van der Waals surface area contributed by atoms with Gasteiger partial charge in [-0.1, -0.05) is 55.0 Å². The highest BCUT2D eigenvalue weighted by Gasteiger charge is 2.35. The molecule has 2 heterocycles. The average Bonchev–Trinajstić information content (AvgIpc) is 2.66. The number of nitrogens with one attached hydrogen (secondary N) is 1. The summed E-state index contributed by atoms with van der Waals surface area (Å²) in [5.74, 6) is 0.515. The van der Waals surface area contributed by atoms with Crippen molar-refractivity contribution in [2.75, 3.05) is 0 Å². The van der Waals surface area contributed by atoms with E-state index < -0.39 is 0 Å². The SMILES string of the molecule is O=C(c1cc2ccccc2c2ccccc12)C1CC2CCCC(C1)N2. The van der Waals surface area contributed by atoms with Crippen molar-refractivity contribution in [2.45, 2.75) is 44.2 Å². The predicted molar refractivity (Wildman–Crippen MR) is 103 cm³/mol. The maximum Gasteiger partial charge on any atom is 0.166 e. The van der Waals surface area contributed by atoms with Crippen LogP contribution in [0.5, 0.6) is 0 Å². The topological polar surface area (TPSA) is 29.1 Å². The smallest absolute Gasteiger partial charge is 0.166 e. The maximum atomic E-state index is 13.5. The molecule has 0 aliphatic carbocycles. The van der Waals surface area contributed by atoms with Gasteiger partial charge in [-0.2, -0.15) is 0 Å². The Labute approximate surface area is 148 Å². The molecule has 2 bridgehead atoms. The molecule has 2 aliphatic heterocycles. The fourth-order valence-corrected chi connectivity index (χ4v) is 4.96. The zero-order chi connectivity index (χ0) is 16.8. The molecule has 2 heteroatoms. The number of hydrogen-bond acceptors (Lipinski definition) is 2. The Balaban J connectivity index is 1.62. The molecule has 5 rings (SSSR count). The first-order valence-corrected chi connectivity index (χ1v) is 9.50. The molecule has 0 amide bonds. The van der Waals surface area contributed by atoms with E-state index >= 15 is 0 Å². The lowest BCUT2D eigenvalue weighted by molar-refractivity contribution is 0.0827. The molecule has 25 heavy (non-hydrogen) atoms. The molecule has 2 unspecified atom stereocenters. The minimum absolute atomic E-state index is 0.168. The zero-order valence-corrected chi connectivity index (χ0v) is 14.4. The van der Waals surface area contributed by atoms with Crippen LogP contribution in [0, 0.1) is 5.92 Å². The molecule has 0 radical (unpaired) electrons. The number of Topliss-reactive ketones (excluding diaryl/α,β-unsaturated/α-hetero) is 1. The summed E-state index contributed by atoms with van der Waals surface area (Å²) in [6, 6.07) is 20.0. The number of carbonyl (C=O) groups is 1. The van der Waals surface area contributed by atoms with E-state index in [1.807, 2.05) is 6.07 Å². The van der Waals surface area contributed by atoms with Gasteiger partial charge in [0, 0.05) is 23.6 Å². The summed E-state index contributed by atoms with van der Waals surface area (Å²) in [4.78, 5) is 13.5. The Morgan fingerprint density at radius 2 is 1.48 bits per heavy atom. The molecule has 2 fully saturated rings. The number of hydrogen-bond donors (Lipinski definition) is 1. The minimum atomic E-state index is 0.168. The van der Waals surface area contributed by atoms with Crippen LogP contribution in [-0.4, -0.2) is 17.9 Å². The molecule has 0 spiro atoms. The van der Waals surface area contributed by atoms with Crippen molar-refractivity contribution in [1.29, 1.82) is 0 Å². The van der Waals surface area contributed by atoms with E-state index in [4.69, 9.17) is 0 Å². The van der Waals surface area contributed by atoms with E-state index in [9.17, 15) is 4.79 Å². The van der Waals surface area contributed by atoms with Gasteiger partial charge in [-0.05, 0) is 53.3 Å². The Hall–Kier alpha value is -2.19. The van der Waals surface area contributed by atoms with Crippen LogP contribution in [0.2, 0.25) is 0 Å². The van der Waals surface area contributed by atoms with E-state index in [2.05, 4.69) is 53.8 Å².